The maximum absolute atomic E-state index is 14.1. The zero-order valence-electron chi connectivity index (χ0n) is 26.0. The number of aryl methyl sites for hydroxylation is 1. The van der Waals surface area contributed by atoms with Crippen LogP contribution >= 0.6 is 0 Å². The van der Waals surface area contributed by atoms with E-state index in [2.05, 4.69) is 6.92 Å². The standard InChI is InChI=1S/C32H43N3O9/c1-6-7-8-9-12-44-21(36)11-10-16-15-20(34(2)3)18-13-17-14-19-25(35(4)5)28(39)24(31(33)42)30(41)32(19,43)29(40)22(17)27(38)23(18)26(16)37/h15,17,19,25,37-38,41,43H,6-14H2,1-5H3,(H2,33,42). The molecule has 1 aromatic carbocycles. The molecule has 1 amide bonds. The Morgan fingerprint density at radius 1 is 1.09 bits per heavy atom. The van der Waals surface area contributed by atoms with Crippen molar-refractivity contribution in [1.29, 1.82) is 0 Å². The summed E-state index contributed by atoms with van der Waals surface area (Å²) in [7, 11) is 6.69. The number of nitrogens with two attached hydrogens (primary N) is 1. The molecule has 1 aromatic rings. The lowest BCUT2D eigenvalue weighted by Gasteiger charge is -2.50. The molecule has 4 atom stereocenters. The molecule has 0 heterocycles. The quantitative estimate of drug-likeness (QED) is 0.139. The Labute approximate surface area is 256 Å². The molecule has 240 valence electrons. The maximum Gasteiger partial charge on any atom is 0.306 e. The van der Waals surface area contributed by atoms with Gasteiger partial charge in [0.15, 0.2) is 11.4 Å². The molecule has 0 aromatic heterocycles. The first kappa shape index (κ1) is 33.0. The molecular formula is C32H43N3O9. The number of carbonyl (C=O) groups is 4. The van der Waals surface area contributed by atoms with Crippen molar-refractivity contribution in [2.24, 2.45) is 17.6 Å². The summed E-state index contributed by atoms with van der Waals surface area (Å²) >= 11 is 0. The van der Waals surface area contributed by atoms with Crippen molar-refractivity contribution in [3.63, 3.8) is 0 Å². The third kappa shape index (κ3) is 5.45. The fraction of sp³-hybridized carbons (Fsp3) is 0.562. The number of aromatic hydroxyl groups is 1. The van der Waals surface area contributed by atoms with Gasteiger partial charge >= 0.3 is 5.97 Å². The minimum absolute atomic E-state index is 0.00424. The van der Waals surface area contributed by atoms with Gasteiger partial charge < -0.3 is 35.8 Å². The number of phenols is 1. The Bertz CT molecular complexity index is 1440. The molecule has 4 rings (SSSR count). The molecule has 0 saturated heterocycles. The Morgan fingerprint density at radius 2 is 1.77 bits per heavy atom. The number of aliphatic hydroxyl groups excluding tert-OH is 2. The van der Waals surface area contributed by atoms with Gasteiger partial charge in [0.25, 0.3) is 5.91 Å². The van der Waals surface area contributed by atoms with Crippen molar-refractivity contribution in [2.75, 3.05) is 39.7 Å². The van der Waals surface area contributed by atoms with Gasteiger partial charge in [-0.05, 0) is 62.9 Å². The third-order valence-electron chi connectivity index (χ3n) is 9.12. The average molecular weight is 614 g/mol. The highest BCUT2D eigenvalue weighted by Gasteiger charge is 2.64. The number of hydrogen-bond acceptors (Lipinski definition) is 11. The van der Waals surface area contributed by atoms with Crippen molar-refractivity contribution >= 4 is 34.9 Å². The van der Waals surface area contributed by atoms with Gasteiger partial charge in [0.05, 0.1) is 18.2 Å². The van der Waals surface area contributed by atoms with Crippen LogP contribution in [0.4, 0.5) is 5.69 Å². The van der Waals surface area contributed by atoms with Crippen molar-refractivity contribution in [1.82, 2.24) is 4.90 Å². The van der Waals surface area contributed by atoms with Crippen molar-refractivity contribution in [2.45, 2.75) is 69.9 Å². The van der Waals surface area contributed by atoms with E-state index in [0.717, 1.165) is 25.7 Å². The number of fused-ring (bicyclic) bond motifs is 3. The second kappa shape index (κ2) is 12.6. The predicted molar refractivity (Wildman–Crippen MR) is 162 cm³/mol. The van der Waals surface area contributed by atoms with Crippen LogP contribution in [0.25, 0.3) is 5.76 Å². The topological polar surface area (TPSA) is 191 Å². The molecule has 0 aliphatic heterocycles. The minimum Gasteiger partial charge on any atom is -0.508 e. The first-order chi connectivity index (χ1) is 20.7. The number of Topliss-reactive ketones (excluding diaryl/α,β-unsaturated/α-hetero) is 2. The Kier molecular flexibility index (Phi) is 9.46. The van der Waals surface area contributed by atoms with Gasteiger partial charge in [-0.25, -0.2) is 0 Å². The van der Waals surface area contributed by atoms with E-state index in [4.69, 9.17) is 10.5 Å². The van der Waals surface area contributed by atoms with Gasteiger partial charge in [-0.3, -0.25) is 24.1 Å². The molecule has 6 N–H and O–H groups in total. The largest absolute Gasteiger partial charge is 0.508 e. The van der Waals surface area contributed by atoms with Gasteiger partial charge in [0, 0.05) is 37.7 Å². The number of anilines is 1. The van der Waals surface area contributed by atoms with Crippen molar-refractivity contribution in [3.8, 4) is 5.75 Å². The fourth-order valence-corrected chi connectivity index (χ4v) is 6.96. The van der Waals surface area contributed by atoms with Crippen LogP contribution in [-0.2, 0) is 36.8 Å². The lowest BCUT2D eigenvalue weighted by molar-refractivity contribution is -0.153. The maximum atomic E-state index is 14.1. The number of nitrogens with zero attached hydrogens (tertiary/aromatic N) is 2. The van der Waals surface area contributed by atoms with Crippen LogP contribution in [0.5, 0.6) is 5.75 Å². The van der Waals surface area contributed by atoms with Crippen LogP contribution < -0.4 is 10.6 Å². The number of rotatable bonds is 11. The number of phenolic OH excluding ortho intramolecular Hbond substituents is 1. The number of ketones is 2. The normalized spacial score (nSPS) is 24.7. The summed E-state index contributed by atoms with van der Waals surface area (Å²) in [5, 5.41) is 45.8. The minimum atomic E-state index is -2.71. The summed E-state index contributed by atoms with van der Waals surface area (Å²) in [4.78, 5) is 55.2. The fourth-order valence-electron chi connectivity index (χ4n) is 6.96. The monoisotopic (exact) mass is 613 g/mol. The van der Waals surface area contributed by atoms with E-state index < -0.39 is 64.0 Å². The lowest BCUT2D eigenvalue weighted by atomic mass is 9.57. The molecule has 12 heteroatoms. The number of benzene rings is 1. The highest BCUT2D eigenvalue weighted by Crippen LogP contribution is 2.54. The summed E-state index contributed by atoms with van der Waals surface area (Å²) in [6, 6.07) is 0.588. The van der Waals surface area contributed by atoms with Crippen molar-refractivity contribution < 1.29 is 44.3 Å². The Balaban J connectivity index is 1.76. The van der Waals surface area contributed by atoms with E-state index >= 15 is 0 Å². The zero-order valence-corrected chi connectivity index (χ0v) is 26.0. The van der Waals surface area contributed by atoms with Crippen LogP contribution in [0, 0.1) is 11.8 Å². The number of unbranched alkanes of at least 4 members (excludes halogenated alkanes) is 3. The Morgan fingerprint density at radius 3 is 2.36 bits per heavy atom. The molecule has 3 aliphatic rings. The third-order valence-corrected chi connectivity index (χ3v) is 9.12. The zero-order chi connectivity index (χ0) is 32.7. The number of carbonyl (C=O) groups excluding carboxylic acids is 4. The number of amides is 1. The van der Waals surface area contributed by atoms with E-state index in [1.54, 1.807) is 39.2 Å². The average Bonchev–Trinajstić information content (AvgIpc) is 2.93. The molecular weight excluding hydrogens is 570 g/mol. The molecule has 3 aliphatic carbocycles. The first-order valence-corrected chi connectivity index (χ1v) is 15.0. The highest BCUT2D eigenvalue weighted by atomic mass is 16.5. The molecule has 4 unspecified atom stereocenters. The highest BCUT2D eigenvalue weighted by molar-refractivity contribution is 6.24. The summed E-state index contributed by atoms with van der Waals surface area (Å²) in [6.45, 7) is 2.41. The first-order valence-electron chi connectivity index (χ1n) is 15.0. The number of likely N-dealkylation sites (N-methyl/N-ethyl adjacent to an activating group) is 1. The second-order valence-electron chi connectivity index (χ2n) is 12.4. The number of ether oxygens (including phenoxy) is 1. The van der Waals surface area contributed by atoms with Gasteiger partial charge in [0.2, 0.25) is 5.78 Å². The van der Waals surface area contributed by atoms with Gasteiger partial charge in [0.1, 0.15) is 22.8 Å². The summed E-state index contributed by atoms with van der Waals surface area (Å²) in [5.74, 6) is -7.41. The number of aliphatic hydroxyl groups is 3. The van der Waals surface area contributed by atoms with Crippen LogP contribution in [0.2, 0.25) is 0 Å². The molecule has 44 heavy (non-hydrogen) atoms. The molecule has 1 fully saturated rings. The van der Waals surface area contributed by atoms with Gasteiger partial charge in [-0.15, -0.1) is 0 Å². The smallest absolute Gasteiger partial charge is 0.306 e. The molecule has 0 bridgehead atoms. The van der Waals surface area contributed by atoms with Crippen LogP contribution in [0.3, 0.4) is 0 Å². The van der Waals surface area contributed by atoms with E-state index in [9.17, 15) is 39.6 Å². The number of hydrogen-bond donors (Lipinski definition) is 5. The number of esters is 1. The molecule has 0 radical (unpaired) electrons. The van der Waals surface area contributed by atoms with E-state index in [1.165, 1.54) is 4.90 Å². The SMILES string of the molecule is CCCCCCOC(=O)CCc1cc(N(C)C)c2c(c1O)C(O)=C1C(=O)C3(O)C(O)=C(C(N)=O)C(=O)C(N(C)C)C3CC1C2. The van der Waals surface area contributed by atoms with Crippen LogP contribution in [-0.4, -0.2) is 95.2 Å². The van der Waals surface area contributed by atoms with Crippen LogP contribution in [0.15, 0.2) is 23.0 Å². The summed E-state index contributed by atoms with van der Waals surface area (Å²) < 4.78 is 5.33. The van der Waals surface area contributed by atoms with Crippen molar-refractivity contribution in [3.05, 3.63) is 39.7 Å². The molecule has 1 saturated carbocycles. The summed E-state index contributed by atoms with van der Waals surface area (Å²) in [5.41, 5.74) is 3.16. The summed E-state index contributed by atoms with van der Waals surface area (Å²) in [6.07, 6.45) is 4.14. The van der Waals surface area contributed by atoms with Gasteiger partial charge in [-0.1, -0.05) is 26.2 Å². The number of primary amides is 1. The predicted octanol–water partition coefficient (Wildman–Crippen LogP) is 2.09. The van der Waals surface area contributed by atoms with E-state index in [0.29, 0.717) is 23.4 Å². The van der Waals surface area contributed by atoms with E-state index in [1.807, 2.05) is 0 Å². The molecule has 0 spiro atoms. The van der Waals surface area contributed by atoms with E-state index in [-0.39, 0.29) is 42.6 Å². The van der Waals surface area contributed by atoms with Crippen LogP contribution in [0.1, 0.15) is 62.1 Å². The molecule has 12 nitrogen and oxygen atoms in total. The van der Waals surface area contributed by atoms with Gasteiger partial charge in [-0.2, -0.15) is 0 Å². The Hall–Kier alpha value is -3.90. The lowest BCUT2D eigenvalue weighted by Crippen LogP contribution is -2.65. The second-order valence-corrected chi connectivity index (χ2v) is 12.4.